The minimum absolute atomic E-state index is 0.0659. The van der Waals surface area contributed by atoms with Crippen molar-refractivity contribution in [3.63, 3.8) is 0 Å². The van der Waals surface area contributed by atoms with Gasteiger partial charge in [0.2, 0.25) is 0 Å². The Kier molecular flexibility index (Phi) is 5.89. The molecule has 6 nitrogen and oxygen atoms in total. The van der Waals surface area contributed by atoms with E-state index in [1.165, 1.54) is 17.0 Å². The summed E-state index contributed by atoms with van der Waals surface area (Å²) in [5, 5.41) is 21.0. The van der Waals surface area contributed by atoms with Crippen molar-refractivity contribution in [3.8, 4) is 0 Å². The number of halogens is 3. The van der Waals surface area contributed by atoms with Crippen LogP contribution in [0.25, 0.3) is 0 Å². The number of amides is 2. The summed E-state index contributed by atoms with van der Waals surface area (Å²) in [6, 6.07) is 3.49. The first-order valence-electron chi connectivity index (χ1n) is 7.80. The Morgan fingerprint density at radius 2 is 1.88 bits per heavy atom. The topological polar surface area (TPSA) is 89.9 Å². The Morgan fingerprint density at radius 1 is 1.24 bits per heavy atom. The summed E-state index contributed by atoms with van der Waals surface area (Å²) in [6.07, 6.45) is -4.78. The van der Waals surface area contributed by atoms with Crippen LogP contribution < -0.4 is 5.32 Å². The van der Waals surface area contributed by atoms with E-state index in [4.69, 9.17) is 5.11 Å². The highest BCUT2D eigenvalue weighted by Crippen LogP contribution is 2.35. The molecule has 1 fully saturated rings. The van der Waals surface area contributed by atoms with Crippen LogP contribution >= 0.6 is 0 Å². The molecule has 1 aliphatic rings. The summed E-state index contributed by atoms with van der Waals surface area (Å²) in [5.74, 6) is -0.964. The van der Waals surface area contributed by atoms with Crippen LogP contribution in [0.2, 0.25) is 0 Å². The summed E-state index contributed by atoms with van der Waals surface area (Å²) in [6.45, 7) is 0.230. The number of hydrogen-bond donors (Lipinski definition) is 3. The molecule has 25 heavy (non-hydrogen) atoms. The van der Waals surface area contributed by atoms with E-state index in [2.05, 4.69) is 5.32 Å². The molecule has 0 radical (unpaired) electrons. The lowest BCUT2D eigenvalue weighted by atomic mass is 10.0. The number of β-amino-alcohol motifs (C(OH)–C–C–N with tert-alkyl or cyclic N) is 1. The second kappa shape index (κ2) is 7.73. The molecule has 1 aromatic carbocycles. The molecule has 9 heteroatoms. The van der Waals surface area contributed by atoms with E-state index in [-0.39, 0.29) is 32.4 Å². The predicted molar refractivity (Wildman–Crippen MR) is 81.8 cm³/mol. The molecule has 0 spiro atoms. The van der Waals surface area contributed by atoms with Gasteiger partial charge in [-0.25, -0.2) is 4.79 Å². The highest BCUT2D eigenvalue weighted by Gasteiger charge is 2.36. The van der Waals surface area contributed by atoms with Gasteiger partial charge in [-0.3, -0.25) is 4.79 Å². The van der Waals surface area contributed by atoms with Crippen LogP contribution in [0.3, 0.4) is 0 Å². The van der Waals surface area contributed by atoms with Crippen molar-refractivity contribution in [1.82, 2.24) is 10.2 Å². The minimum Gasteiger partial charge on any atom is -0.481 e. The number of aliphatic hydroxyl groups is 1. The molecule has 1 saturated heterocycles. The summed E-state index contributed by atoms with van der Waals surface area (Å²) in [4.78, 5) is 24.0. The fourth-order valence-corrected chi connectivity index (χ4v) is 2.78. The molecule has 2 amide bonds. The Balaban J connectivity index is 2.03. The summed E-state index contributed by atoms with van der Waals surface area (Å²) in [7, 11) is 0. The van der Waals surface area contributed by atoms with Crippen LogP contribution in [-0.4, -0.2) is 46.3 Å². The number of carbonyl (C=O) groups excluding carboxylic acids is 1. The molecule has 1 aliphatic heterocycles. The second-order valence-electron chi connectivity index (χ2n) is 5.91. The molecule has 138 valence electrons. The first-order chi connectivity index (χ1) is 11.7. The lowest BCUT2D eigenvalue weighted by molar-refractivity contribution is -0.138. The van der Waals surface area contributed by atoms with Crippen LogP contribution in [0, 0.1) is 0 Å². The highest BCUT2D eigenvalue weighted by atomic mass is 19.4. The van der Waals surface area contributed by atoms with Gasteiger partial charge in [-0.1, -0.05) is 12.1 Å². The zero-order valence-electron chi connectivity index (χ0n) is 13.3. The largest absolute Gasteiger partial charge is 0.481 e. The Morgan fingerprint density at radius 3 is 2.44 bits per heavy atom. The molecule has 0 bridgehead atoms. The van der Waals surface area contributed by atoms with E-state index < -0.39 is 35.9 Å². The van der Waals surface area contributed by atoms with E-state index in [0.717, 1.165) is 12.1 Å². The Bertz CT molecular complexity index is 619. The van der Waals surface area contributed by atoms with E-state index >= 15 is 0 Å². The second-order valence-corrected chi connectivity index (χ2v) is 5.91. The van der Waals surface area contributed by atoms with E-state index in [1.807, 2.05) is 0 Å². The van der Waals surface area contributed by atoms with Crippen molar-refractivity contribution in [2.45, 2.75) is 37.6 Å². The van der Waals surface area contributed by atoms with Crippen molar-refractivity contribution in [1.29, 1.82) is 0 Å². The number of likely N-dealkylation sites (tertiary alicyclic amines) is 1. The van der Waals surface area contributed by atoms with Gasteiger partial charge < -0.3 is 20.4 Å². The standard InChI is InChI=1S/C16H19F3N2O4/c17-16(18,19)11-5-3-10(4-6-11)13-8-12(22)9-21(13)15(25)20-7-1-2-14(23)24/h3-6,12-13,22H,1-2,7-9H2,(H,20,25)(H,23,24). The predicted octanol–water partition coefficient (Wildman–Crippen LogP) is 2.39. The van der Waals surface area contributed by atoms with Gasteiger partial charge in [0.25, 0.3) is 0 Å². The number of carboxylic acid groups (broad SMARTS) is 1. The zero-order valence-corrected chi connectivity index (χ0v) is 13.3. The van der Waals surface area contributed by atoms with Crippen LogP contribution in [0.4, 0.5) is 18.0 Å². The van der Waals surface area contributed by atoms with E-state index in [0.29, 0.717) is 5.56 Å². The highest BCUT2D eigenvalue weighted by molar-refractivity contribution is 5.75. The molecule has 0 aromatic heterocycles. The molecule has 3 N–H and O–H groups in total. The minimum atomic E-state index is -4.44. The Hall–Kier alpha value is -2.29. The molecule has 2 unspecified atom stereocenters. The van der Waals surface area contributed by atoms with Gasteiger partial charge in [-0.15, -0.1) is 0 Å². The van der Waals surface area contributed by atoms with Gasteiger partial charge >= 0.3 is 18.2 Å². The number of benzene rings is 1. The number of nitrogens with zero attached hydrogens (tertiary/aromatic N) is 1. The molecule has 1 aromatic rings. The maximum atomic E-state index is 12.6. The first kappa shape index (κ1) is 19.0. The quantitative estimate of drug-likeness (QED) is 0.704. The van der Waals surface area contributed by atoms with Crippen molar-refractivity contribution in [3.05, 3.63) is 35.4 Å². The third kappa shape index (κ3) is 5.09. The fraction of sp³-hybridized carbons (Fsp3) is 0.500. The van der Waals surface area contributed by atoms with Gasteiger partial charge in [-0.05, 0) is 30.5 Å². The average molecular weight is 360 g/mol. The number of hydrogen-bond acceptors (Lipinski definition) is 3. The van der Waals surface area contributed by atoms with Crippen molar-refractivity contribution in [2.24, 2.45) is 0 Å². The number of nitrogens with one attached hydrogen (secondary N) is 1. The van der Waals surface area contributed by atoms with Crippen LogP contribution in [0.15, 0.2) is 24.3 Å². The van der Waals surface area contributed by atoms with Gasteiger partial charge in [0.05, 0.1) is 17.7 Å². The number of alkyl halides is 3. The summed E-state index contributed by atoms with van der Waals surface area (Å²) >= 11 is 0. The monoisotopic (exact) mass is 360 g/mol. The summed E-state index contributed by atoms with van der Waals surface area (Å²) in [5.41, 5.74) is -0.273. The van der Waals surface area contributed by atoms with Crippen LogP contribution in [0.1, 0.15) is 36.4 Å². The van der Waals surface area contributed by atoms with Crippen molar-refractivity contribution >= 4 is 12.0 Å². The lowest BCUT2D eigenvalue weighted by Crippen LogP contribution is -2.40. The van der Waals surface area contributed by atoms with Gasteiger partial charge in [-0.2, -0.15) is 13.2 Å². The third-order valence-corrected chi connectivity index (χ3v) is 4.01. The molecular formula is C16H19F3N2O4. The molecule has 0 saturated carbocycles. The average Bonchev–Trinajstić information content (AvgIpc) is 2.92. The maximum Gasteiger partial charge on any atom is 0.416 e. The fourth-order valence-electron chi connectivity index (χ4n) is 2.78. The van der Waals surface area contributed by atoms with Gasteiger partial charge in [0, 0.05) is 19.5 Å². The third-order valence-electron chi connectivity index (χ3n) is 4.01. The Labute approximate surface area is 142 Å². The van der Waals surface area contributed by atoms with Gasteiger partial charge in [0.15, 0.2) is 0 Å². The lowest BCUT2D eigenvalue weighted by Gasteiger charge is -2.25. The SMILES string of the molecule is O=C(O)CCCNC(=O)N1CC(O)CC1c1ccc(C(F)(F)F)cc1. The molecule has 2 rings (SSSR count). The number of urea groups is 1. The number of carbonyl (C=O) groups is 2. The molecule has 2 atom stereocenters. The summed E-state index contributed by atoms with van der Waals surface area (Å²) < 4.78 is 37.9. The van der Waals surface area contributed by atoms with E-state index in [9.17, 15) is 27.9 Å². The van der Waals surface area contributed by atoms with Crippen LogP contribution in [-0.2, 0) is 11.0 Å². The normalized spacial score (nSPS) is 20.6. The van der Waals surface area contributed by atoms with Crippen LogP contribution in [0.5, 0.6) is 0 Å². The number of aliphatic carboxylic acids is 1. The molecule has 0 aliphatic carbocycles. The van der Waals surface area contributed by atoms with Crippen molar-refractivity contribution in [2.75, 3.05) is 13.1 Å². The van der Waals surface area contributed by atoms with Gasteiger partial charge in [0.1, 0.15) is 0 Å². The van der Waals surface area contributed by atoms with E-state index in [1.54, 1.807) is 0 Å². The number of rotatable bonds is 5. The molecular weight excluding hydrogens is 341 g/mol. The molecule has 1 heterocycles. The smallest absolute Gasteiger partial charge is 0.416 e. The zero-order chi connectivity index (χ0) is 18.6. The first-order valence-corrected chi connectivity index (χ1v) is 7.80. The van der Waals surface area contributed by atoms with Crippen molar-refractivity contribution < 1.29 is 33.0 Å². The number of carboxylic acids is 1. The number of aliphatic hydroxyl groups excluding tert-OH is 1. The maximum absolute atomic E-state index is 12.6.